The van der Waals surface area contributed by atoms with Crippen molar-refractivity contribution in [2.75, 3.05) is 12.4 Å². The second-order valence-corrected chi connectivity index (χ2v) is 9.54. The third kappa shape index (κ3) is 4.10. The van der Waals surface area contributed by atoms with Gasteiger partial charge in [-0.15, -0.1) is 0 Å². The van der Waals surface area contributed by atoms with Crippen molar-refractivity contribution in [3.63, 3.8) is 0 Å². The number of nitrogens with one attached hydrogen (secondary N) is 1. The molecule has 3 heterocycles. The molecule has 1 aromatic heterocycles. The third-order valence-corrected chi connectivity index (χ3v) is 7.27. The number of hydrogen-bond donors (Lipinski definition) is 1. The Hall–Kier alpha value is -3.58. The van der Waals surface area contributed by atoms with Gasteiger partial charge in [-0.3, -0.25) is 9.59 Å². The van der Waals surface area contributed by atoms with E-state index in [1.54, 1.807) is 25.4 Å². The first-order valence-corrected chi connectivity index (χ1v) is 12.0. The summed E-state index contributed by atoms with van der Waals surface area (Å²) in [6, 6.07) is 13.0. The Morgan fingerprint density at radius 1 is 1.17 bits per heavy atom. The summed E-state index contributed by atoms with van der Waals surface area (Å²) in [4.78, 5) is 28.7. The molecule has 0 bridgehead atoms. The first kappa shape index (κ1) is 21.9. The van der Waals surface area contributed by atoms with Crippen LogP contribution in [-0.4, -0.2) is 29.9 Å². The zero-order valence-electron chi connectivity index (χ0n) is 19.0. The molecule has 178 valence electrons. The van der Waals surface area contributed by atoms with Gasteiger partial charge in [0, 0.05) is 53.4 Å². The van der Waals surface area contributed by atoms with Gasteiger partial charge in [0.25, 0.3) is 0 Å². The van der Waals surface area contributed by atoms with Crippen LogP contribution in [0.1, 0.15) is 35.4 Å². The Labute approximate surface area is 207 Å². The van der Waals surface area contributed by atoms with Gasteiger partial charge >= 0.3 is 0 Å². The molecule has 3 atom stereocenters. The average Bonchev–Trinajstić information content (AvgIpc) is 3.36. The van der Waals surface area contributed by atoms with Crippen LogP contribution >= 0.6 is 11.6 Å². The van der Waals surface area contributed by atoms with Crippen LogP contribution in [0.3, 0.4) is 0 Å². The van der Waals surface area contributed by atoms with Gasteiger partial charge in [-0.25, -0.2) is 4.98 Å². The zero-order chi connectivity index (χ0) is 24.1. The van der Waals surface area contributed by atoms with Crippen LogP contribution in [0.2, 0.25) is 5.02 Å². The number of rotatable bonds is 7. The van der Waals surface area contributed by atoms with E-state index in [2.05, 4.69) is 10.3 Å². The highest BCUT2D eigenvalue weighted by Gasteiger charge is 2.59. The number of nitrogens with zero attached hydrogens (tertiary/aromatic N) is 1. The van der Waals surface area contributed by atoms with Gasteiger partial charge in [0.1, 0.15) is 40.7 Å². The van der Waals surface area contributed by atoms with E-state index in [4.69, 9.17) is 25.8 Å². The molecule has 1 N–H and O–H groups in total. The van der Waals surface area contributed by atoms with Crippen LogP contribution in [0.15, 0.2) is 48.7 Å². The summed E-state index contributed by atoms with van der Waals surface area (Å²) < 4.78 is 17.5. The smallest absolute Gasteiger partial charge is 0.225 e. The Bertz CT molecular complexity index is 1360. The molecule has 2 aliphatic heterocycles. The first-order valence-electron chi connectivity index (χ1n) is 11.6. The number of aromatic nitrogens is 1. The van der Waals surface area contributed by atoms with Crippen molar-refractivity contribution >= 4 is 29.1 Å². The number of carbonyl (C=O) groups is 2. The topological polar surface area (TPSA) is 86.8 Å². The number of ketones is 1. The quantitative estimate of drug-likeness (QED) is 0.496. The molecule has 0 spiro atoms. The number of Topliss-reactive ketones (excluding diaryl/α,β-unsaturated/α-hetero) is 1. The fourth-order valence-corrected chi connectivity index (χ4v) is 5.28. The molecule has 3 aromatic rings. The van der Waals surface area contributed by atoms with Gasteiger partial charge in [-0.1, -0.05) is 11.6 Å². The molecular weight excluding hydrogens is 468 g/mol. The van der Waals surface area contributed by atoms with Crippen LogP contribution in [0.5, 0.6) is 23.0 Å². The molecule has 1 aliphatic carbocycles. The minimum atomic E-state index is -0.0362. The first-order chi connectivity index (χ1) is 17.0. The number of pyridine rings is 1. The fraction of sp³-hybridized carbons (Fsp3) is 0.296. The minimum Gasteiger partial charge on any atom is -0.497 e. The summed E-state index contributed by atoms with van der Waals surface area (Å²) in [6.45, 7) is 0. The van der Waals surface area contributed by atoms with E-state index in [0.29, 0.717) is 47.4 Å². The summed E-state index contributed by atoms with van der Waals surface area (Å²) in [6.07, 6.45) is 3.35. The standard InChI is InChI=1S/C27H23ClN2O5/c1-33-16-2-5-21(28)14(11-16)10-15(31)12-20-25-19-13-17(3-6-22(19)35-26(20)25)34-23-8-9-29-27-18(23)4-7-24(32)30-27/h2-3,5-6,8-9,11,13,20,25-26H,4,7,10,12H2,1H3,(H,29,30,32)/t20-,25-,26+/m0/s1. The number of benzene rings is 2. The highest BCUT2D eigenvalue weighted by molar-refractivity contribution is 6.31. The average molecular weight is 491 g/mol. The molecule has 3 aliphatic rings. The molecule has 1 saturated carbocycles. The van der Waals surface area contributed by atoms with Gasteiger partial charge in [0.05, 0.1) is 7.11 Å². The van der Waals surface area contributed by atoms with E-state index in [9.17, 15) is 9.59 Å². The van der Waals surface area contributed by atoms with E-state index >= 15 is 0 Å². The van der Waals surface area contributed by atoms with Crippen molar-refractivity contribution in [3.05, 3.63) is 70.4 Å². The van der Waals surface area contributed by atoms with Gasteiger partial charge in [0.15, 0.2) is 0 Å². The van der Waals surface area contributed by atoms with Crippen molar-refractivity contribution in [1.29, 1.82) is 0 Å². The molecule has 1 fully saturated rings. The van der Waals surface area contributed by atoms with Crippen molar-refractivity contribution in [2.45, 2.75) is 37.7 Å². The van der Waals surface area contributed by atoms with Crippen LogP contribution in [0.4, 0.5) is 5.82 Å². The Morgan fingerprint density at radius 2 is 2.03 bits per heavy atom. The lowest BCUT2D eigenvalue weighted by molar-refractivity contribution is -0.119. The van der Waals surface area contributed by atoms with Crippen LogP contribution in [0, 0.1) is 5.92 Å². The Kier molecular flexibility index (Phi) is 5.37. The van der Waals surface area contributed by atoms with E-state index in [1.807, 2.05) is 30.3 Å². The number of amides is 1. The van der Waals surface area contributed by atoms with Gasteiger partial charge in [-0.2, -0.15) is 0 Å². The van der Waals surface area contributed by atoms with E-state index < -0.39 is 0 Å². The zero-order valence-corrected chi connectivity index (χ0v) is 19.8. The molecule has 0 saturated heterocycles. The molecule has 1 amide bonds. The second-order valence-electron chi connectivity index (χ2n) is 9.14. The number of halogens is 1. The lowest BCUT2D eigenvalue weighted by Crippen LogP contribution is -2.20. The molecule has 0 radical (unpaired) electrons. The fourth-order valence-electron chi connectivity index (χ4n) is 5.10. The van der Waals surface area contributed by atoms with Crippen molar-refractivity contribution in [1.82, 2.24) is 4.98 Å². The number of methoxy groups -OCH3 is 1. The van der Waals surface area contributed by atoms with Crippen molar-refractivity contribution in [2.24, 2.45) is 5.92 Å². The van der Waals surface area contributed by atoms with Crippen molar-refractivity contribution in [3.8, 4) is 23.0 Å². The van der Waals surface area contributed by atoms with Gasteiger partial charge in [0.2, 0.25) is 5.91 Å². The molecule has 8 heteroatoms. The molecular formula is C27H23ClN2O5. The van der Waals surface area contributed by atoms with E-state index in [1.165, 1.54) is 0 Å². The monoisotopic (exact) mass is 490 g/mol. The highest BCUT2D eigenvalue weighted by Crippen LogP contribution is 2.60. The third-order valence-electron chi connectivity index (χ3n) is 6.90. The lowest BCUT2D eigenvalue weighted by atomic mass is 10.0. The molecule has 35 heavy (non-hydrogen) atoms. The van der Waals surface area contributed by atoms with Gasteiger partial charge in [-0.05, 0) is 54.4 Å². The number of anilines is 1. The Morgan fingerprint density at radius 3 is 2.89 bits per heavy atom. The minimum absolute atomic E-state index is 0.0221. The summed E-state index contributed by atoms with van der Waals surface area (Å²) in [5.41, 5.74) is 2.74. The van der Waals surface area contributed by atoms with E-state index in [0.717, 1.165) is 22.4 Å². The molecule has 7 nitrogen and oxygen atoms in total. The van der Waals surface area contributed by atoms with Crippen LogP contribution < -0.4 is 19.5 Å². The number of carbonyl (C=O) groups excluding carboxylic acids is 2. The predicted octanol–water partition coefficient (Wildman–Crippen LogP) is 5.10. The maximum absolute atomic E-state index is 12.8. The summed E-state index contributed by atoms with van der Waals surface area (Å²) in [7, 11) is 1.59. The summed E-state index contributed by atoms with van der Waals surface area (Å²) in [5.74, 6) is 3.89. The highest BCUT2D eigenvalue weighted by atomic mass is 35.5. The largest absolute Gasteiger partial charge is 0.497 e. The normalized spacial score (nSPS) is 21.2. The Balaban J connectivity index is 1.14. The molecule has 2 aromatic carbocycles. The summed E-state index contributed by atoms with van der Waals surface area (Å²) >= 11 is 6.28. The molecule has 0 unspecified atom stereocenters. The van der Waals surface area contributed by atoms with Crippen LogP contribution in [-0.2, 0) is 22.4 Å². The van der Waals surface area contributed by atoms with Crippen LogP contribution in [0.25, 0.3) is 0 Å². The van der Waals surface area contributed by atoms with E-state index in [-0.39, 0.29) is 36.1 Å². The number of hydrogen-bond acceptors (Lipinski definition) is 6. The molecule has 6 rings (SSSR count). The lowest BCUT2D eigenvalue weighted by Gasteiger charge is -2.19. The van der Waals surface area contributed by atoms with Gasteiger partial charge < -0.3 is 19.5 Å². The SMILES string of the molecule is COc1ccc(Cl)c(CC(=O)C[C@@H]2[C@H]3Oc4ccc(Oc5ccnc6c5CCC(=O)N6)cc4[C@@H]23)c1. The number of ether oxygens (including phenoxy) is 3. The maximum atomic E-state index is 12.8. The number of fused-ring (bicyclic) bond motifs is 4. The second kappa shape index (κ2) is 8.57. The predicted molar refractivity (Wildman–Crippen MR) is 130 cm³/mol. The van der Waals surface area contributed by atoms with Crippen molar-refractivity contribution < 1.29 is 23.8 Å². The summed E-state index contributed by atoms with van der Waals surface area (Å²) in [5, 5.41) is 3.36. The maximum Gasteiger partial charge on any atom is 0.225 e.